The van der Waals surface area contributed by atoms with Crippen molar-refractivity contribution in [2.75, 3.05) is 43.4 Å². The van der Waals surface area contributed by atoms with Crippen LogP contribution in [0.25, 0.3) is 10.2 Å². The summed E-state index contributed by atoms with van der Waals surface area (Å²) in [6, 6.07) is 8.30. The number of aryl methyl sites for hydroxylation is 2. The van der Waals surface area contributed by atoms with Gasteiger partial charge in [-0.1, -0.05) is 29.8 Å². The van der Waals surface area contributed by atoms with Crippen molar-refractivity contribution in [3.8, 4) is 0 Å². The second kappa shape index (κ2) is 9.52. The number of amides is 1. The number of benzene rings is 1. The number of nitrogens with two attached hydrogens (primary N) is 1. The van der Waals surface area contributed by atoms with Gasteiger partial charge < -0.3 is 20.3 Å². The number of carbonyl (C=O) groups excluding carboxylic acids is 2. The van der Waals surface area contributed by atoms with Crippen molar-refractivity contribution in [1.29, 1.82) is 0 Å². The normalized spacial score (nSPS) is 14.1. The molecule has 0 bridgehead atoms. The van der Waals surface area contributed by atoms with E-state index in [1.807, 2.05) is 4.90 Å². The second-order valence-electron chi connectivity index (χ2n) is 7.81. The van der Waals surface area contributed by atoms with Crippen LogP contribution in [0.4, 0.5) is 11.8 Å². The summed E-state index contributed by atoms with van der Waals surface area (Å²) < 4.78 is 5.19. The lowest BCUT2D eigenvalue weighted by molar-refractivity contribution is -0.131. The largest absolute Gasteiger partial charge is 0.462 e. The predicted octanol–water partition coefficient (Wildman–Crippen LogP) is 3.04. The van der Waals surface area contributed by atoms with E-state index >= 15 is 0 Å². The van der Waals surface area contributed by atoms with Gasteiger partial charge in [-0.05, 0) is 25.8 Å². The Bertz CT molecular complexity index is 1120. The van der Waals surface area contributed by atoms with Gasteiger partial charge in [0.15, 0.2) is 0 Å². The Labute approximate surface area is 191 Å². The molecule has 1 fully saturated rings. The van der Waals surface area contributed by atoms with Crippen LogP contribution < -0.4 is 10.6 Å². The number of rotatable bonds is 6. The Morgan fingerprint density at radius 2 is 1.84 bits per heavy atom. The topological polar surface area (TPSA) is 102 Å². The van der Waals surface area contributed by atoms with Gasteiger partial charge in [-0.3, -0.25) is 4.79 Å². The number of hydrogen-bond donors (Lipinski definition) is 1. The lowest BCUT2D eigenvalue weighted by Crippen LogP contribution is -2.49. The van der Waals surface area contributed by atoms with E-state index in [0.29, 0.717) is 60.8 Å². The molecule has 1 aromatic carbocycles. The third-order valence-electron chi connectivity index (χ3n) is 5.61. The molecule has 4 rings (SSSR count). The Balaban J connectivity index is 1.44. The molecule has 0 saturated carbocycles. The molecule has 8 nitrogen and oxygen atoms in total. The Morgan fingerprint density at radius 3 is 2.53 bits per heavy atom. The highest BCUT2D eigenvalue weighted by Gasteiger charge is 2.26. The maximum atomic E-state index is 12.7. The van der Waals surface area contributed by atoms with E-state index in [1.165, 1.54) is 22.5 Å². The van der Waals surface area contributed by atoms with Gasteiger partial charge in [-0.15, -0.1) is 11.3 Å². The number of anilines is 2. The van der Waals surface area contributed by atoms with Crippen LogP contribution in [0, 0.1) is 6.92 Å². The summed E-state index contributed by atoms with van der Waals surface area (Å²) >= 11 is 1.35. The van der Waals surface area contributed by atoms with Gasteiger partial charge in [0.2, 0.25) is 11.9 Å². The molecule has 3 aromatic rings. The lowest BCUT2D eigenvalue weighted by Gasteiger charge is -2.35. The predicted molar refractivity (Wildman–Crippen MR) is 126 cm³/mol. The minimum Gasteiger partial charge on any atom is -0.462 e. The fraction of sp³-hybridized carbons (Fsp3) is 0.391. The van der Waals surface area contributed by atoms with Gasteiger partial charge in [0, 0.05) is 38.0 Å². The average molecular weight is 454 g/mol. The molecule has 32 heavy (non-hydrogen) atoms. The van der Waals surface area contributed by atoms with Crippen LogP contribution in [-0.2, 0) is 16.0 Å². The molecule has 0 atom stereocenters. The van der Waals surface area contributed by atoms with Crippen molar-refractivity contribution in [2.45, 2.75) is 26.7 Å². The molecule has 9 heteroatoms. The van der Waals surface area contributed by atoms with Crippen LogP contribution in [0.15, 0.2) is 29.6 Å². The van der Waals surface area contributed by atoms with Crippen molar-refractivity contribution in [1.82, 2.24) is 14.9 Å². The standard InChI is InChI=1S/C23H27N5O3S/c1-3-31-22(30)17-14-32-21-19(17)20(25-23(24)26-21)28-12-10-27(11-13-28)18(29)9-8-16-6-4-15(2)5-7-16/h4-7,14H,3,8-13H2,1-2H3,(H2,24,25,26). The van der Waals surface area contributed by atoms with Crippen molar-refractivity contribution < 1.29 is 14.3 Å². The van der Waals surface area contributed by atoms with Crippen LogP contribution in [0.3, 0.4) is 0 Å². The summed E-state index contributed by atoms with van der Waals surface area (Å²) in [7, 11) is 0. The van der Waals surface area contributed by atoms with E-state index in [-0.39, 0.29) is 11.9 Å². The summed E-state index contributed by atoms with van der Waals surface area (Å²) in [5.74, 6) is 0.559. The Morgan fingerprint density at radius 1 is 1.12 bits per heavy atom. The van der Waals surface area contributed by atoms with Crippen LogP contribution in [0.1, 0.15) is 34.8 Å². The molecule has 2 N–H and O–H groups in total. The lowest BCUT2D eigenvalue weighted by atomic mass is 10.1. The first-order valence-electron chi connectivity index (χ1n) is 10.8. The fourth-order valence-electron chi connectivity index (χ4n) is 3.86. The molecular formula is C23H27N5O3S. The van der Waals surface area contributed by atoms with Crippen LogP contribution in [0.5, 0.6) is 0 Å². The van der Waals surface area contributed by atoms with E-state index in [2.05, 4.69) is 46.1 Å². The van der Waals surface area contributed by atoms with E-state index < -0.39 is 5.97 Å². The molecule has 0 aliphatic carbocycles. The van der Waals surface area contributed by atoms with Gasteiger partial charge in [0.05, 0.1) is 17.6 Å². The molecule has 1 saturated heterocycles. The maximum absolute atomic E-state index is 12.7. The smallest absolute Gasteiger partial charge is 0.339 e. The minimum atomic E-state index is -0.390. The number of aromatic nitrogens is 2. The molecule has 1 aliphatic rings. The highest BCUT2D eigenvalue weighted by molar-refractivity contribution is 7.17. The average Bonchev–Trinajstić information content (AvgIpc) is 3.22. The number of ether oxygens (including phenoxy) is 1. The highest BCUT2D eigenvalue weighted by Crippen LogP contribution is 2.33. The van der Waals surface area contributed by atoms with Crippen molar-refractivity contribution >= 4 is 45.2 Å². The van der Waals surface area contributed by atoms with Gasteiger partial charge in [0.25, 0.3) is 0 Å². The van der Waals surface area contributed by atoms with E-state index in [9.17, 15) is 9.59 Å². The van der Waals surface area contributed by atoms with E-state index in [1.54, 1.807) is 12.3 Å². The Kier molecular flexibility index (Phi) is 6.55. The second-order valence-corrected chi connectivity index (χ2v) is 8.67. The first-order valence-corrected chi connectivity index (χ1v) is 11.6. The van der Waals surface area contributed by atoms with Crippen LogP contribution in [-0.4, -0.2) is 59.5 Å². The highest BCUT2D eigenvalue weighted by atomic mass is 32.1. The molecule has 3 heterocycles. The van der Waals surface area contributed by atoms with Crippen molar-refractivity contribution in [2.24, 2.45) is 0 Å². The van der Waals surface area contributed by atoms with E-state index in [0.717, 1.165) is 6.42 Å². The molecular weight excluding hydrogens is 426 g/mol. The molecule has 1 aliphatic heterocycles. The molecule has 2 aromatic heterocycles. The number of esters is 1. The SMILES string of the molecule is CCOC(=O)c1csc2nc(N)nc(N3CCN(C(=O)CCc4ccc(C)cc4)CC3)c12. The zero-order valence-corrected chi connectivity index (χ0v) is 19.2. The summed E-state index contributed by atoms with van der Waals surface area (Å²) in [5.41, 5.74) is 8.78. The minimum absolute atomic E-state index is 0.153. The first kappa shape index (κ1) is 22.0. The number of hydrogen-bond acceptors (Lipinski definition) is 8. The Hall–Kier alpha value is -3.20. The number of fused-ring (bicyclic) bond motifs is 1. The van der Waals surface area contributed by atoms with Gasteiger partial charge in [-0.2, -0.15) is 4.98 Å². The zero-order valence-electron chi connectivity index (χ0n) is 18.3. The molecule has 1 amide bonds. The number of piperazine rings is 1. The van der Waals surface area contributed by atoms with E-state index in [4.69, 9.17) is 10.5 Å². The molecule has 168 valence electrons. The summed E-state index contributed by atoms with van der Waals surface area (Å²) in [5, 5.41) is 2.41. The molecule has 0 spiro atoms. The summed E-state index contributed by atoms with van der Waals surface area (Å²) in [6.45, 7) is 6.54. The third-order valence-corrected chi connectivity index (χ3v) is 6.48. The van der Waals surface area contributed by atoms with Gasteiger partial charge in [-0.25, -0.2) is 9.78 Å². The van der Waals surface area contributed by atoms with Crippen molar-refractivity contribution in [3.05, 3.63) is 46.3 Å². The number of nitrogens with zero attached hydrogens (tertiary/aromatic N) is 4. The quantitative estimate of drug-likeness (QED) is 0.573. The van der Waals surface area contributed by atoms with Crippen LogP contribution >= 0.6 is 11.3 Å². The zero-order chi connectivity index (χ0) is 22.7. The fourth-order valence-corrected chi connectivity index (χ4v) is 4.77. The summed E-state index contributed by atoms with van der Waals surface area (Å²) in [4.78, 5) is 38.5. The molecule has 0 unspecified atom stereocenters. The monoisotopic (exact) mass is 453 g/mol. The van der Waals surface area contributed by atoms with Crippen LogP contribution in [0.2, 0.25) is 0 Å². The third kappa shape index (κ3) is 4.67. The number of nitrogen functional groups attached to an aromatic ring is 1. The summed E-state index contributed by atoms with van der Waals surface area (Å²) in [6.07, 6.45) is 1.23. The van der Waals surface area contributed by atoms with Crippen molar-refractivity contribution in [3.63, 3.8) is 0 Å². The first-order chi connectivity index (χ1) is 15.5. The van der Waals surface area contributed by atoms with Gasteiger partial charge in [0.1, 0.15) is 10.6 Å². The number of carbonyl (C=O) groups is 2. The number of thiophene rings is 1. The maximum Gasteiger partial charge on any atom is 0.339 e. The van der Waals surface area contributed by atoms with Gasteiger partial charge >= 0.3 is 5.97 Å². The molecule has 0 radical (unpaired) electrons.